The lowest BCUT2D eigenvalue weighted by molar-refractivity contribution is 0.0697. The van der Waals surface area contributed by atoms with Gasteiger partial charge in [0, 0.05) is 18.8 Å². The van der Waals surface area contributed by atoms with E-state index in [1.54, 1.807) is 17.9 Å². The Bertz CT molecular complexity index is 668. The van der Waals surface area contributed by atoms with E-state index >= 15 is 0 Å². The van der Waals surface area contributed by atoms with Gasteiger partial charge in [-0.15, -0.1) is 0 Å². The van der Waals surface area contributed by atoms with E-state index in [1.165, 1.54) is 12.6 Å². The summed E-state index contributed by atoms with van der Waals surface area (Å²) in [5.74, 6) is -0.962. The Kier molecular flexibility index (Phi) is 2.88. The van der Waals surface area contributed by atoms with Crippen molar-refractivity contribution in [3.63, 3.8) is 0 Å². The van der Waals surface area contributed by atoms with Gasteiger partial charge < -0.3 is 10.4 Å². The number of carbonyl (C=O) groups is 1. The number of carboxylic acid groups (broad SMARTS) is 1. The molecule has 20 heavy (non-hydrogen) atoms. The third-order valence-electron chi connectivity index (χ3n) is 4.37. The van der Waals surface area contributed by atoms with Crippen LogP contribution in [0, 0.1) is 0 Å². The molecule has 0 aromatic carbocycles. The molecule has 0 radical (unpaired) electrons. The number of hydrogen-bond donors (Lipinski definition) is 2. The average Bonchev–Trinajstić information content (AvgIpc) is 2.76. The Morgan fingerprint density at radius 2 is 2.25 bits per heavy atom. The second-order valence-electron chi connectivity index (χ2n) is 5.47. The smallest absolute Gasteiger partial charge is 0.339 e. The van der Waals surface area contributed by atoms with Crippen molar-refractivity contribution in [3.8, 4) is 0 Å². The highest BCUT2D eigenvalue weighted by molar-refractivity contribution is 6.03. The number of fused-ring (bicyclic) bond motifs is 1. The fraction of sp³-hybridized carbons (Fsp3) is 0.500. The van der Waals surface area contributed by atoms with E-state index in [2.05, 4.69) is 22.3 Å². The van der Waals surface area contributed by atoms with Gasteiger partial charge in [-0.25, -0.2) is 9.78 Å². The molecule has 0 saturated heterocycles. The summed E-state index contributed by atoms with van der Waals surface area (Å²) in [6.07, 6.45) is 7.41. The monoisotopic (exact) mass is 274 g/mol. The first kappa shape index (κ1) is 12.9. The van der Waals surface area contributed by atoms with Crippen molar-refractivity contribution in [1.82, 2.24) is 14.8 Å². The summed E-state index contributed by atoms with van der Waals surface area (Å²) in [4.78, 5) is 15.6. The Hall–Kier alpha value is -2.11. The molecule has 106 valence electrons. The SMILES string of the molecule is CCC1(Nc2c(C(=O)O)cnc3c2cnn3C)CCC1. The maximum Gasteiger partial charge on any atom is 0.339 e. The van der Waals surface area contributed by atoms with E-state index in [0.717, 1.165) is 24.6 Å². The Morgan fingerprint density at radius 1 is 1.50 bits per heavy atom. The summed E-state index contributed by atoms with van der Waals surface area (Å²) >= 11 is 0. The van der Waals surface area contributed by atoms with Gasteiger partial charge in [0.05, 0.1) is 17.3 Å². The fourth-order valence-corrected chi connectivity index (χ4v) is 2.83. The first-order valence-electron chi connectivity index (χ1n) is 6.88. The molecule has 2 heterocycles. The summed E-state index contributed by atoms with van der Waals surface area (Å²) < 4.78 is 1.66. The number of rotatable bonds is 4. The van der Waals surface area contributed by atoms with Crippen LogP contribution in [0.15, 0.2) is 12.4 Å². The van der Waals surface area contributed by atoms with E-state index in [4.69, 9.17) is 0 Å². The van der Waals surface area contributed by atoms with E-state index in [9.17, 15) is 9.90 Å². The minimum atomic E-state index is -0.962. The van der Waals surface area contributed by atoms with Crippen LogP contribution in [0.5, 0.6) is 0 Å². The summed E-state index contributed by atoms with van der Waals surface area (Å²) in [6.45, 7) is 2.13. The maximum absolute atomic E-state index is 11.4. The number of aromatic nitrogens is 3. The lowest BCUT2D eigenvalue weighted by atomic mass is 9.74. The van der Waals surface area contributed by atoms with Crippen molar-refractivity contribution in [3.05, 3.63) is 18.0 Å². The van der Waals surface area contributed by atoms with Gasteiger partial charge in [-0.05, 0) is 25.7 Å². The van der Waals surface area contributed by atoms with Gasteiger partial charge in [0.1, 0.15) is 5.56 Å². The van der Waals surface area contributed by atoms with Crippen molar-refractivity contribution in [2.75, 3.05) is 5.32 Å². The Morgan fingerprint density at radius 3 is 2.80 bits per heavy atom. The molecule has 6 heteroatoms. The zero-order valence-corrected chi connectivity index (χ0v) is 11.7. The first-order valence-corrected chi connectivity index (χ1v) is 6.88. The van der Waals surface area contributed by atoms with Crippen LogP contribution in [0.3, 0.4) is 0 Å². The molecule has 1 fully saturated rings. The molecular formula is C14H18N4O2. The van der Waals surface area contributed by atoms with Crippen LogP contribution in [0.2, 0.25) is 0 Å². The van der Waals surface area contributed by atoms with Crippen LogP contribution in [0.1, 0.15) is 43.0 Å². The minimum Gasteiger partial charge on any atom is -0.478 e. The largest absolute Gasteiger partial charge is 0.478 e. The van der Waals surface area contributed by atoms with Crippen LogP contribution in [-0.2, 0) is 7.05 Å². The van der Waals surface area contributed by atoms with E-state index in [1.807, 2.05) is 0 Å². The number of nitrogens with one attached hydrogen (secondary N) is 1. The average molecular weight is 274 g/mol. The molecule has 2 aromatic heterocycles. The van der Waals surface area contributed by atoms with Gasteiger partial charge in [-0.3, -0.25) is 4.68 Å². The van der Waals surface area contributed by atoms with Gasteiger partial charge in [-0.1, -0.05) is 6.92 Å². The fourth-order valence-electron chi connectivity index (χ4n) is 2.83. The number of nitrogens with zero attached hydrogens (tertiary/aromatic N) is 3. The van der Waals surface area contributed by atoms with E-state index in [0.29, 0.717) is 11.3 Å². The van der Waals surface area contributed by atoms with Crippen molar-refractivity contribution in [2.24, 2.45) is 7.05 Å². The molecule has 3 rings (SSSR count). The molecule has 6 nitrogen and oxygen atoms in total. The second kappa shape index (κ2) is 4.47. The highest BCUT2D eigenvalue weighted by atomic mass is 16.4. The van der Waals surface area contributed by atoms with Crippen molar-refractivity contribution >= 4 is 22.7 Å². The molecule has 2 aromatic rings. The maximum atomic E-state index is 11.4. The van der Waals surface area contributed by atoms with Crippen molar-refractivity contribution in [1.29, 1.82) is 0 Å². The predicted octanol–water partition coefficient (Wildman–Crippen LogP) is 2.41. The summed E-state index contributed by atoms with van der Waals surface area (Å²) in [5, 5.41) is 17.8. The molecule has 0 aliphatic heterocycles. The molecule has 0 unspecified atom stereocenters. The first-order chi connectivity index (χ1) is 9.56. The van der Waals surface area contributed by atoms with Crippen LogP contribution >= 0.6 is 0 Å². The number of pyridine rings is 1. The third kappa shape index (κ3) is 1.83. The zero-order valence-electron chi connectivity index (χ0n) is 11.7. The molecule has 0 spiro atoms. The quantitative estimate of drug-likeness (QED) is 0.895. The summed E-state index contributed by atoms with van der Waals surface area (Å²) in [5.41, 5.74) is 1.58. The number of anilines is 1. The lowest BCUT2D eigenvalue weighted by Crippen LogP contribution is -2.44. The van der Waals surface area contributed by atoms with Crippen molar-refractivity contribution < 1.29 is 9.90 Å². The molecule has 1 aliphatic rings. The topological polar surface area (TPSA) is 80.0 Å². The normalized spacial score (nSPS) is 16.9. The molecule has 0 bridgehead atoms. The van der Waals surface area contributed by atoms with Gasteiger partial charge in [-0.2, -0.15) is 5.10 Å². The lowest BCUT2D eigenvalue weighted by Gasteiger charge is -2.43. The van der Waals surface area contributed by atoms with Crippen molar-refractivity contribution in [2.45, 2.75) is 38.1 Å². The molecule has 0 atom stereocenters. The van der Waals surface area contributed by atoms with Gasteiger partial charge in [0.15, 0.2) is 5.65 Å². The van der Waals surface area contributed by atoms with Crippen LogP contribution in [0.4, 0.5) is 5.69 Å². The number of aryl methyl sites for hydroxylation is 1. The minimum absolute atomic E-state index is 0.0221. The third-order valence-corrected chi connectivity index (χ3v) is 4.37. The van der Waals surface area contributed by atoms with E-state index < -0.39 is 5.97 Å². The molecular weight excluding hydrogens is 256 g/mol. The van der Waals surface area contributed by atoms with Crippen LogP contribution < -0.4 is 5.32 Å². The number of aromatic carboxylic acids is 1. The van der Waals surface area contributed by atoms with Gasteiger partial charge >= 0.3 is 5.97 Å². The van der Waals surface area contributed by atoms with Crippen LogP contribution in [0.25, 0.3) is 11.0 Å². The summed E-state index contributed by atoms with van der Waals surface area (Å²) in [6, 6.07) is 0. The van der Waals surface area contributed by atoms with E-state index in [-0.39, 0.29) is 11.1 Å². The second-order valence-corrected chi connectivity index (χ2v) is 5.47. The predicted molar refractivity (Wildman–Crippen MR) is 76.0 cm³/mol. The molecule has 1 aliphatic carbocycles. The summed E-state index contributed by atoms with van der Waals surface area (Å²) in [7, 11) is 1.80. The van der Waals surface area contributed by atoms with Gasteiger partial charge in [0.2, 0.25) is 0 Å². The molecule has 0 amide bonds. The zero-order chi connectivity index (χ0) is 14.3. The standard InChI is InChI=1S/C14H18N4O2/c1-3-14(5-4-6-14)17-11-9-8-16-18(2)12(9)15-7-10(11)13(19)20/h7-8H,3-6H2,1-2H3,(H,15,17)(H,19,20). The number of hydrogen-bond acceptors (Lipinski definition) is 4. The highest BCUT2D eigenvalue weighted by Gasteiger charge is 2.36. The van der Waals surface area contributed by atoms with Gasteiger partial charge in [0.25, 0.3) is 0 Å². The number of carboxylic acids is 1. The highest BCUT2D eigenvalue weighted by Crippen LogP contribution is 2.40. The molecule has 1 saturated carbocycles. The Labute approximate surface area is 116 Å². The van der Waals surface area contributed by atoms with Crippen LogP contribution in [-0.4, -0.2) is 31.4 Å². The molecule has 2 N–H and O–H groups in total. The Balaban J connectivity index is 2.14.